The molecule has 1 aromatic carbocycles. The molecule has 1 N–H and O–H groups in total. The first-order valence-corrected chi connectivity index (χ1v) is 11.0. The number of rotatable bonds is 6. The predicted molar refractivity (Wildman–Crippen MR) is 125 cm³/mol. The summed E-state index contributed by atoms with van der Waals surface area (Å²) >= 11 is 6.28. The maximum absolute atomic E-state index is 14.0. The van der Waals surface area contributed by atoms with E-state index in [2.05, 4.69) is 25.6 Å². The fraction of sp³-hybridized carbons (Fsp3) is 0.174. The summed E-state index contributed by atoms with van der Waals surface area (Å²) in [5.41, 5.74) is 3.64. The number of halogens is 2. The highest BCUT2D eigenvalue weighted by Gasteiger charge is 2.20. The van der Waals surface area contributed by atoms with E-state index < -0.39 is 5.91 Å². The number of anilines is 1. The number of amides is 1. The summed E-state index contributed by atoms with van der Waals surface area (Å²) < 4.78 is 18.9. The topological polar surface area (TPSA) is 94.9 Å². The molecule has 0 aliphatic carbocycles. The van der Waals surface area contributed by atoms with Gasteiger partial charge in [-0.05, 0) is 26.0 Å². The zero-order chi connectivity index (χ0) is 23.8. The molecule has 1 amide bonds. The van der Waals surface area contributed by atoms with Crippen LogP contribution in [0.25, 0.3) is 16.9 Å². The molecule has 0 fully saturated rings. The minimum atomic E-state index is -0.460. The lowest BCUT2D eigenvalue weighted by Gasteiger charge is -2.05. The summed E-state index contributed by atoms with van der Waals surface area (Å²) in [4.78, 5) is 17.4. The SMILES string of the molecule is CCn1cc(-c2ccnc3c(C(=O)Nc4nn(Cc5ccccc5F)cc4Cl)cnn23)c(C)n1. The van der Waals surface area contributed by atoms with Gasteiger partial charge in [0.1, 0.15) is 16.4 Å². The molecule has 5 aromatic rings. The zero-order valence-corrected chi connectivity index (χ0v) is 19.2. The summed E-state index contributed by atoms with van der Waals surface area (Å²) in [6.07, 6.45) is 6.55. The molecule has 0 saturated heterocycles. The van der Waals surface area contributed by atoms with Crippen LogP contribution in [-0.2, 0) is 13.1 Å². The maximum Gasteiger partial charge on any atom is 0.262 e. The van der Waals surface area contributed by atoms with Crippen molar-refractivity contribution in [2.24, 2.45) is 0 Å². The molecule has 0 radical (unpaired) electrons. The summed E-state index contributed by atoms with van der Waals surface area (Å²) in [5, 5.41) is 16.1. The van der Waals surface area contributed by atoms with Crippen molar-refractivity contribution in [1.29, 1.82) is 0 Å². The van der Waals surface area contributed by atoms with E-state index in [4.69, 9.17) is 11.6 Å². The van der Waals surface area contributed by atoms with Crippen LogP contribution >= 0.6 is 11.6 Å². The van der Waals surface area contributed by atoms with Crippen LogP contribution in [0.5, 0.6) is 0 Å². The Morgan fingerprint density at radius 2 is 1.97 bits per heavy atom. The van der Waals surface area contributed by atoms with Gasteiger partial charge in [-0.25, -0.2) is 13.9 Å². The number of hydrogen-bond acceptors (Lipinski definition) is 5. The van der Waals surface area contributed by atoms with Gasteiger partial charge < -0.3 is 5.32 Å². The molecule has 0 spiro atoms. The van der Waals surface area contributed by atoms with Crippen molar-refractivity contribution in [2.75, 3.05) is 5.32 Å². The van der Waals surface area contributed by atoms with E-state index in [1.54, 1.807) is 28.9 Å². The summed E-state index contributed by atoms with van der Waals surface area (Å²) in [6, 6.07) is 8.23. The lowest BCUT2D eigenvalue weighted by atomic mass is 10.2. The Hall–Kier alpha value is -4.05. The Labute approximate surface area is 198 Å². The van der Waals surface area contributed by atoms with Gasteiger partial charge in [0, 0.05) is 36.3 Å². The van der Waals surface area contributed by atoms with Crippen molar-refractivity contribution in [3.63, 3.8) is 0 Å². The quantitative estimate of drug-likeness (QED) is 0.394. The van der Waals surface area contributed by atoms with Gasteiger partial charge >= 0.3 is 0 Å². The molecule has 0 unspecified atom stereocenters. The fourth-order valence-electron chi connectivity index (χ4n) is 3.73. The first kappa shape index (κ1) is 21.8. The van der Waals surface area contributed by atoms with Crippen molar-refractivity contribution in [3.8, 4) is 11.3 Å². The van der Waals surface area contributed by atoms with E-state index >= 15 is 0 Å². The number of carbonyl (C=O) groups excluding carboxylic acids is 1. The van der Waals surface area contributed by atoms with Crippen LogP contribution in [0.1, 0.15) is 28.5 Å². The molecule has 4 heterocycles. The molecule has 0 atom stereocenters. The molecular weight excluding hydrogens is 459 g/mol. The number of aryl methyl sites for hydroxylation is 2. The lowest BCUT2D eigenvalue weighted by Crippen LogP contribution is -2.13. The molecule has 0 bridgehead atoms. The number of benzene rings is 1. The van der Waals surface area contributed by atoms with E-state index in [0.29, 0.717) is 11.2 Å². The molecular formula is C23H20ClFN8O. The van der Waals surface area contributed by atoms with E-state index in [0.717, 1.165) is 23.5 Å². The van der Waals surface area contributed by atoms with Crippen LogP contribution in [0.3, 0.4) is 0 Å². The largest absolute Gasteiger partial charge is 0.304 e. The van der Waals surface area contributed by atoms with E-state index in [1.165, 1.54) is 23.1 Å². The van der Waals surface area contributed by atoms with Gasteiger partial charge in [-0.3, -0.25) is 14.2 Å². The number of nitrogens with zero attached hydrogens (tertiary/aromatic N) is 7. The number of fused-ring (bicyclic) bond motifs is 1. The smallest absolute Gasteiger partial charge is 0.262 e. The van der Waals surface area contributed by atoms with Gasteiger partial charge in [0.25, 0.3) is 5.91 Å². The van der Waals surface area contributed by atoms with Crippen molar-refractivity contribution >= 4 is 29.0 Å². The number of nitrogens with one attached hydrogen (secondary N) is 1. The molecule has 0 aliphatic heterocycles. The van der Waals surface area contributed by atoms with Crippen LogP contribution in [0, 0.1) is 12.7 Å². The number of hydrogen-bond donors (Lipinski definition) is 1. The Morgan fingerprint density at radius 3 is 2.74 bits per heavy atom. The molecule has 11 heteroatoms. The molecule has 0 aliphatic rings. The van der Waals surface area contributed by atoms with Crippen molar-refractivity contribution in [1.82, 2.24) is 34.2 Å². The van der Waals surface area contributed by atoms with Crippen LogP contribution in [0.2, 0.25) is 5.02 Å². The number of carbonyl (C=O) groups is 1. The minimum Gasteiger partial charge on any atom is -0.304 e. The van der Waals surface area contributed by atoms with E-state index in [1.807, 2.05) is 30.8 Å². The van der Waals surface area contributed by atoms with Crippen molar-refractivity contribution < 1.29 is 9.18 Å². The lowest BCUT2D eigenvalue weighted by molar-refractivity contribution is 0.102. The summed E-state index contributed by atoms with van der Waals surface area (Å²) in [5.74, 6) is -0.634. The first-order valence-electron chi connectivity index (χ1n) is 10.6. The van der Waals surface area contributed by atoms with Crippen LogP contribution in [0.4, 0.5) is 10.2 Å². The third-order valence-electron chi connectivity index (χ3n) is 5.43. The highest BCUT2D eigenvalue weighted by atomic mass is 35.5. The Bertz CT molecular complexity index is 1520. The molecule has 172 valence electrons. The van der Waals surface area contributed by atoms with Gasteiger partial charge in [0.2, 0.25) is 0 Å². The molecule has 9 nitrogen and oxygen atoms in total. The Morgan fingerprint density at radius 1 is 1.15 bits per heavy atom. The van der Waals surface area contributed by atoms with Crippen molar-refractivity contribution in [2.45, 2.75) is 26.9 Å². The summed E-state index contributed by atoms with van der Waals surface area (Å²) in [6.45, 7) is 4.85. The van der Waals surface area contributed by atoms with Crippen LogP contribution in [0.15, 0.2) is 55.1 Å². The third kappa shape index (κ3) is 3.92. The second-order valence-corrected chi connectivity index (χ2v) is 8.08. The second-order valence-electron chi connectivity index (χ2n) is 7.68. The molecule has 0 saturated carbocycles. The normalized spacial score (nSPS) is 11.3. The van der Waals surface area contributed by atoms with Crippen LogP contribution in [-0.4, -0.2) is 40.1 Å². The number of aromatic nitrogens is 7. The molecule has 5 rings (SSSR count). The highest BCUT2D eigenvalue weighted by molar-refractivity contribution is 6.33. The van der Waals surface area contributed by atoms with Gasteiger partial charge in [-0.1, -0.05) is 29.8 Å². The van der Waals surface area contributed by atoms with Crippen molar-refractivity contribution in [3.05, 3.63) is 82.8 Å². The standard InChI is InChI=1S/C23H20ClFN8O/c1-3-31-12-17(14(2)29-31)20-8-9-26-22-16(10-27-33(20)22)23(34)28-21-18(24)13-32(30-21)11-15-6-4-5-7-19(15)25/h4-10,12-13H,3,11H2,1-2H3,(H,28,30,34). The zero-order valence-electron chi connectivity index (χ0n) is 18.4. The van der Waals surface area contributed by atoms with E-state index in [-0.39, 0.29) is 28.8 Å². The highest BCUT2D eigenvalue weighted by Crippen LogP contribution is 2.25. The average Bonchev–Trinajstić information content (AvgIpc) is 3.52. The minimum absolute atomic E-state index is 0.165. The van der Waals surface area contributed by atoms with Gasteiger partial charge in [0.05, 0.1) is 24.1 Å². The monoisotopic (exact) mass is 478 g/mol. The predicted octanol–water partition coefficient (Wildman–Crippen LogP) is 4.21. The Kier molecular flexibility index (Phi) is 5.58. The van der Waals surface area contributed by atoms with E-state index in [9.17, 15) is 9.18 Å². The van der Waals surface area contributed by atoms with Crippen LogP contribution < -0.4 is 5.32 Å². The van der Waals surface area contributed by atoms with Gasteiger partial charge in [-0.2, -0.15) is 15.3 Å². The summed E-state index contributed by atoms with van der Waals surface area (Å²) in [7, 11) is 0. The Balaban J connectivity index is 1.42. The molecule has 4 aromatic heterocycles. The van der Waals surface area contributed by atoms with Gasteiger partial charge in [0.15, 0.2) is 11.5 Å². The third-order valence-corrected chi connectivity index (χ3v) is 5.71. The second kappa shape index (κ2) is 8.71. The maximum atomic E-state index is 14.0. The first-order chi connectivity index (χ1) is 16.4. The molecule has 34 heavy (non-hydrogen) atoms. The van der Waals surface area contributed by atoms with Gasteiger partial charge in [-0.15, -0.1) is 0 Å². The average molecular weight is 479 g/mol. The fourth-order valence-corrected chi connectivity index (χ4v) is 3.92.